The molecule has 0 radical (unpaired) electrons. The predicted octanol–water partition coefficient (Wildman–Crippen LogP) is 3.88. The van der Waals surface area contributed by atoms with Crippen LogP contribution < -0.4 is 0 Å². The fourth-order valence-electron chi connectivity index (χ4n) is 1.66. The van der Waals surface area contributed by atoms with Crippen LogP contribution in [0.2, 0.25) is 10.0 Å². The van der Waals surface area contributed by atoms with Crippen molar-refractivity contribution in [3.63, 3.8) is 0 Å². The van der Waals surface area contributed by atoms with E-state index in [9.17, 15) is 10.1 Å². The summed E-state index contributed by atoms with van der Waals surface area (Å²) in [5.74, 6) is -1.19. The molecule has 1 unspecified atom stereocenters. The zero-order valence-electron chi connectivity index (χ0n) is 9.68. The minimum atomic E-state index is -0.905. The molecule has 1 atom stereocenters. The molecule has 1 aromatic heterocycles. The van der Waals surface area contributed by atoms with Gasteiger partial charge in [-0.15, -0.1) is 0 Å². The number of nitrogens with zero attached hydrogens (tertiary/aromatic N) is 2. The van der Waals surface area contributed by atoms with E-state index < -0.39 is 5.92 Å². The summed E-state index contributed by atoms with van der Waals surface area (Å²) in [6, 6.07) is 9.88. The smallest absolute Gasteiger partial charge is 0.184 e. The lowest BCUT2D eigenvalue weighted by atomic mass is 9.92. The first-order valence-electron chi connectivity index (χ1n) is 5.42. The van der Waals surface area contributed by atoms with Crippen molar-refractivity contribution in [3.05, 3.63) is 63.9 Å². The normalized spacial score (nSPS) is 11.6. The standard InChI is InChI=1S/C14H8Cl2N2O/c15-12-2-1-10(7-13(12)16)11(8-17)14(19)9-3-5-18-6-4-9/h1-7,11H. The van der Waals surface area contributed by atoms with E-state index in [4.69, 9.17) is 23.2 Å². The third-order valence-corrected chi connectivity index (χ3v) is 3.37. The Morgan fingerprint density at radius 1 is 1.16 bits per heavy atom. The van der Waals surface area contributed by atoms with Gasteiger partial charge in [-0.2, -0.15) is 5.26 Å². The van der Waals surface area contributed by atoms with Gasteiger partial charge < -0.3 is 0 Å². The number of ketones is 1. The number of rotatable bonds is 3. The van der Waals surface area contributed by atoms with E-state index >= 15 is 0 Å². The third-order valence-electron chi connectivity index (χ3n) is 2.63. The van der Waals surface area contributed by atoms with E-state index in [0.29, 0.717) is 21.2 Å². The zero-order chi connectivity index (χ0) is 13.8. The topological polar surface area (TPSA) is 53.8 Å². The monoisotopic (exact) mass is 290 g/mol. The van der Waals surface area contributed by atoms with Crippen molar-refractivity contribution in [2.24, 2.45) is 0 Å². The summed E-state index contributed by atoms with van der Waals surface area (Å²) in [6.45, 7) is 0. The molecule has 2 rings (SSSR count). The maximum absolute atomic E-state index is 12.2. The fourth-order valence-corrected chi connectivity index (χ4v) is 1.97. The van der Waals surface area contributed by atoms with Crippen molar-refractivity contribution in [1.29, 1.82) is 5.26 Å². The van der Waals surface area contributed by atoms with Gasteiger partial charge in [-0.25, -0.2) is 0 Å². The van der Waals surface area contributed by atoms with Crippen LogP contribution in [0.4, 0.5) is 0 Å². The molecule has 0 N–H and O–H groups in total. The second-order valence-electron chi connectivity index (χ2n) is 3.84. The van der Waals surface area contributed by atoms with Crippen LogP contribution >= 0.6 is 23.2 Å². The van der Waals surface area contributed by atoms with Crippen LogP contribution in [0.25, 0.3) is 0 Å². The summed E-state index contributed by atoms with van der Waals surface area (Å²) in [5.41, 5.74) is 0.964. The molecule has 0 saturated heterocycles. The molecule has 0 saturated carbocycles. The maximum Gasteiger partial charge on any atom is 0.184 e. The summed E-state index contributed by atoms with van der Waals surface area (Å²) >= 11 is 11.7. The summed E-state index contributed by atoms with van der Waals surface area (Å²) in [5, 5.41) is 9.92. The number of carbonyl (C=O) groups excluding carboxylic acids is 1. The average Bonchev–Trinajstić information content (AvgIpc) is 2.44. The van der Waals surface area contributed by atoms with Crippen molar-refractivity contribution in [3.8, 4) is 6.07 Å². The Morgan fingerprint density at radius 2 is 1.84 bits per heavy atom. The number of pyridine rings is 1. The minimum absolute atomic E-state index is 0.289. The van der Waals surface area contributed by atoms with Gasteiger partial charge in [0, 0.05) is 18.0 Å². The molecule has 0 amide bonds. The van der Waals surface area contributed by atoms with Crippen LogP contribution in [0.5, 0.6) is 0 Å². The summed E-state index contributed by atoms with van der Waals surface area (Å²) < 4.78 is 0. The van der Waals surface area contributed by atoms with Gasteiger partial charge in [0.05, 0.1) is 16.1 Å². The van der Waals surface area contributed by atoms with Gasteiger partial charge in [-0.3, -0.25) is 9.78 Å². The van der Waals surface area contributed by atoms with E-state index in [-0.39, 0.29) is 5.78 Å². The fraction of sp³-hybridized carbons (Fsp3) is 0.0714. The first-order valence-corrected chi connectivity index (χ1v) is 6.18. The number of carbonyl (C=O) groups is 1. The van der Waals surface area contributed by atoms with Crippen molar-refractivity contribution < 1.29 is 4.79 Å². The second-order valence-corrected chi connectivity index (χ2v) is 4.65. The molecule has 1 aromatic carbocycles. The van der Waals surface area contributed by atoms with E-state index in [0.717, 1.165) is 0 Å². The highest BCUT2D eigenvalue weighted by Gasteiger charge is 2.22. The van der Waals surface area contributed by atoms with Crippen molar-refractivity contribution in [2.75, 3.05) is 0 Å². The zero-order valence-corrected chi connectivity index (χ0v) is 11.2. The van der Waals surface area contributed by atoms with Gasteiger partial charge in [0.2, 0.25) is 0 Å². The number of benzene rings is 1. The highest BCUT2D eigenvalue weighted by Crippen LogP contribution is 2.28. The highest BCUT2D eigenvalue weighted by atomic mass is 35.5. The van der Waals surface area contributed by atoms with Gasteiger partial charge in [0.15, 0.2) is 5.78 Å². The van der Waals surface area contributed by atoms with Crippen LogP contribution in [0.1, 0.15) is 21.8 Å². The summed E-state index contributed by atoms with van der Waals surface area (Å²) in [6.07, 6.45) is 3.02. The molecule has 19 heavy (non-hydrogen) atoms. The molecular weight excluding hydrogens is 283 g/mol. The molecule has 1 heterocycles. The number of hydrogen-bond donors (Lipinski definition) is 0. The Bertz CT molecular complexity index is 650. The van der Waals surface area contributed by atoms with Crippen molar-refractivity contribution in [2.45, 2.75) is 5.92 Å². The first-order chi connectivity index (χ1) is 9.13. The van der Waals surface area contributed by atoms with Gasteiger partial charge >= 0.3 is 0 Å². The minimum Gasteiger partial charge on any atom is -0.292 e. The van der Waals surface area contributed by atoms with Crippen LogP contribution in [-0.4, -0.2) is 10.8 Å². The summed E-state index contributed by atoms with van der Waals surface area (Å²) in [4.78, 5) is 16.1. The lowest BCUT2D eigenvalue weighted by Gasteiger charge is -2.09. The second kappa shape index (κ2) is 5.83. The Balaban J connectivity index is 2.38. The molecule has 2 aromatic rings. The van der Waals surface area contributed by atoms with Gasteiger partial charge in [-0.05, 0) is 29.8 Å². The van der Waals surface area contributed by atoms with Crippen LogP contribution in [0.3, 0.4) is 0 Å². The molecule has 0 fully saturated rings. The maximum atomic E-state index is 12.2. The first kappa shape index (κ1) is 13.5. The van der Waals surface area contributed by atoms with Crippen molar-refractivity contribution >= 4 is 29.0 Å². The summed E-state index contributed by atoms with van der Waals surface area (Å²) in [7, 11) is 0. The largest absolute Gasteiger partial charge is 0.292 e. The third kappa shape index (κ3) is 2.93. The molecule has 94 valence electrons. The van der Waals surface area contributed by atoms with E-state index in [1.54, 1.807) is 24.3 Å². The molecule has 3 nitrogen and oxygen atoms in total. The van der Waals surface area contributed by atoms with E-state index in [1.807, 2.05) is 6.07 Å². The Kier molecular flexibility index (Phi) is 4.16. The Hall–Kier alpha value is -1.89. The quantitative estimate of drug-likeness (QED) is 0.806. The molecule has 5 heteroatoms. The molecule has 0 bridgehead atoms. The van der Waals surface area contributed by atoms with Gasteiger partial charge in [0.1, 0.15) is 5.92 Å². The molecule has 0 spiro atoms. The number of aromatic nitrogens is 1. The number of halogens is 2. The van der Waals surface area contributed by atoms with E-state index in [1.165, 1.54) is 18.5 Å². The SMILES string of the molecule is N#CC(C(=O)c1ccncc1)c1ccc(Cl)c(Cl)c1. The molecule has 0 aliphatic heterocycles. The van der Waals surface area contributed by atoms with Crippen LogP contribution in [-0.2, 0) is 0 Å². The Morgan fingerprint density at radius 3 is 2.42 bits per heavy atom. The number of Topliss-reactive ketones (excluding diaryl/α,β-unsaturated/α-hetero) is 1. The van der Waals surface area contributed by atoms with Crippen LogP contribution in [0, 0.1) is 11.3 Å². The molecule has 0 aliphatic carbocycles. The molecule has 0 aliphatic rings. The van der Waals surface area contributed by atoms with Gasteiger partial charge in [0.25, 0.3) is 0 Å². The van der Waals surface area contributed by atoms with E-state index in [2.05, 4.69) is 4.98 Å². The number of nitriles is 1. The average molecular weight is 291 g/mol. The highest BCUT2D eigenvalue weighted by molar-refractivity contribution is 6.42. The van der Waals surface area contributed by atoms with Gasteiger partial charge in [-0.1, -0.05) is 29.3 Å². The number of hydrogen-bond acceptors (Lipinski definition) is 3. The Labute approximate surface area is 120 Å². The van der Waals surface area contributed by atoms with Crippen LogP contribution in [0.15, 0.2) is 42.7 Å². The lowest BCUT2D eigenvalue weighted by molar-refractivity contribution is 0.0979. The predicted molar refractivity (Wildman–Crippen MR) is 73.4 cm³/mol. The molecular formula is C14H8Cl2N2O. The van der Waals surface area contributed by atoms with Crippen molar-refractivity contribution in [1.82, 2.24) is 4.98 Å². The lowest BCUT2D eigenvalue weighted by Crippen LogP contribution is -2.11.